The van der Waals surface area contributed by atoms with Crippen molar-refractivity contribution >= 4 is 16.7 Å². The van der Waals surface area contributed by atoms with Crippen molar-refractivity contribution in [3.8, 4) is 0 Å². The summed E-state index contributed by atoms with van der Waals surface area (Å²) in [4.78, 5) is 23.2. The minimum atomic E-state index is -0.269. The minimum Gasteiger partial charge on any atom is -0.337 e. The molecule has 0 radical (unpaired) electrons. The van der Waals surface area contributed by atoms with Gasteiger partial charge in [0, 0.05) is 42.3 Å². The summed E-state index contributed by atoms with van der Waals surface area (Å²) in [7, 11) is 0. The van der Waals surface area contributed by atoms with E-state index in [1.54, 1.807) is 0 Å². The fourth-order valence-corrected chi connectivity index (χ4v) is 7.33. The van der Waals surface area contributed by atoms with Gasteiger partial charge < -0.3 is 4.90 Å². The summed E-state index contributed by atoms with van der Waals surface area (Å²) in [6.45, 7) is 1.96. The number of nitrogens with zero attached hydrogens (tertiary/aromatic N) is 3. The van der Waals surface area contributed by atoms with Crippen molar-refractivity contribution in [2.45, 2.75) is 49.7 Å². The van der Waals surface area contributed by atoms with Crippen LogP contribution < -0.4 is 0 Å². The second-order valence-corrected chi connectivity index (χ2v) is 9.90. The highest BCUT2D eigenvalue weighted by atomic mass is 16.2. The van der Waals surface area contributed by atoms with Gasteiger partial charge in [0.2, 0.25) is 5.91 Å². The lowest BCUT2D eigenvalue weighted by Crippen LogP contribution is -2.51. The van der Waals surface area contributed by atoms with E-state index in [1.165, 1.54) is 27.5 Å². The smallest absolute Gasteiger partial charge is 0.243 e. The molecule has 156 valence electrons. The molecule has 2 aromatic carbocycles. The van der Waals surface area contributed by atoms with Crippen LogP contribution in [0, 0.1) is 5.92 Å². The third-order valence-corrected chi connectivity index (χ3v) is 8.62. The van der Waals surface area contributed by atoms with Gasteiger partial charge in [-0.05, 0) is 66.8 Å². The van der Waals surface area contributed by atoms with Crippen LogP contribution in [0.2, 0.25) is 0 Å². The Labute approximate surface area is 182 Å². The Morgan fingerprint density at radius 2 is 1.84 bits per heavy atom. The molecule has 7 rings (SSSR count). The van der Waals surface area contributed by atoms with E-state index in [0.717, 1.165) is 45.2 Å². The SMILES string of the molecule is O=C1N(C2Cc3ccccc3C2)C[C@@H]2C[C@@H](c3cccc4cnccc34)N3CCC[C@@]123. The van der Waals surface area contributed by atoms with E-state index in [9.17, 15) is 4.79 Å². The van der Waals surface area contributed by atoms with Gasteiger partial charge in [-0.2, -0.15) is 0 Å². The molecule has 0 saturated carbocycles. The first-order chi connectivity index (χ1) is 15.3. The summed E-state index contributed by atoms with van der Waals surface area (Å²) in [6, 6.07) is 18.1. The largest absolute Gasteiger partial charge is 0.337 e. The summed E-state index contributed by atoms with van der Waals surface area (Å²) in [5.41, 5.74) is 3.97. The Morgan fingerprint density at radius 1 is 1.00 bits per heavy atom. The number of amides is 1. The van der Waals surface area contributed by atoms with Gasteiger partial charge in [0.05, 0.1) is 0 Å². The van der Waals surface area contributed by atoms with Crippen LogP contribution in [0.5, 0.6) is 0 Å². The molecule has 4 aliphatic rings. The minimum absolute atomic E-state index is 0.269. The van der Waals surface area contributed by atoms with Crippen molar-refractivity contribution in [2.75, 3.05) is 13.1 Å². The zero-order chi connectivity index (χ0) is 20.6. The molecule has 3 fully saturated rings. The topological polar surface area (TPSA) is 36.4 Å². The third-order valence-electron chi connectivity index (χ3n) is 8.62. The standard InChI is InChI=1S/C27H27N3O/c31-26-27-10-4-12-30(27)25(24-8-3-7-20-16-28-11-9-23(20)24)15-21(27)17-29(26)22-13-18-5-1-2-6-19(18)14-22/h1-3,5-9,11,16,21-22,25H,4,10,12-15,17H2/t21-,25-,27-/m0/s1. The number of aromatic nitrogens is 1. The van der Waals surface area contributed by atoms with E-state index >= 15 is 0 Å². The molecule has 4 nitrogen and oxygen atoms in total. The average molecular weight is 410 g/mol. The summed E-state index contributed by atoms with van der Waals surface area (Å²) >= 11 is 0. The lowest BCUT2D eigenvalue weighted by atomic mass is 9.85. The Morgan fingerprint density at radius 3 is 2.68 bits per heavy atom. The fraction of sp³-hybridized carbons (Fsp3) is 0.407. The summed E-state index contributed by atoms with van der Waals surface area (Å²) < 4.78 is 0. The lowest BCUT2D eigenvalue weighted by molar-refractivity contribution is -0.138. The van der Waals surface area contributed by atoms with Gasteiger partial charge in [-0.25, -0.2) is 0 Å². The molecule has 4 heteroatoms. The van der Waals surface area contributed by atoms with Gasteiger partial charge in [0.1, 0.15) is 5.54 Å². The number of hydrogen-bond donors (Lipinski definition) is 0. The van der Waals surface area contributed by atoms with E-state index in [0.29, 0.717) is 23.9 Å². The number of carbonyl (C=O) groups is 1. The number of likely N-dealkylation sites (tertiary alicyclic amines) is 1. The fourth-order valence-electron chi connectivity index (χ4n) is 7.33. The summed E-state index contributed by atoms with van der Waals surface area (Å²) in [5, 5.41) is 2.49. The van der Waals surface area contributed by atoms with Gasteiger partial charge in [-0.15, -0.1) is 0 Å². The molecule has 3 saturated heterocycles. The number of rotatable bonds is 2. The van der Waals surface area contributed by atoms with Gasteiger partial charge in [-0.1, -0.05) is 42.5 Å². The number of fused-ring (bicyclic) bond motifs is 2. The number of hydrogen-bond acceptors (Lipinski definition) is 3. The average Bonchev–Trinajstić information content (AvgIpc) is 3.54. The van der Waals surface area contributed by atoms with Crippen molar-refractivity contribution in [2.24, 2.45) is 5.92 Å². The molecule has 3 atom stereocenters. The van der Waals surface area contributed by atoms with Crippen LogP contribution >= 0.6 is 0 Å². The van der Waals surface area contributed by atoms with Crippen LogP contribution in [0.3, 0.4) is 0 Å². The maximum absolute atomic E-state index is 14.0. The normalized spacial score (nSPS) is 30.2. The lowest BCUT2D eigenvalue weighted by Gasteiger charge is -2.35. The van der Waals surface area contributed by atoms with Crippen LogP contribution in [0.1, 0.15) is 42.0 Å². The third kappa shape index (κ3) is 2.34. The Hall–Kier alpha value is -2.72. The molecule has 1 aromatic heterocycles. The maximum Gasteiger partial charge on any atom is 0.243 e. The number of pyridine rings is 1. The van der Waals surface area contributed by atoms with E-state index in [4.69, 9.17) is 0 Å². The molecule has 0 N–H and O–H groups in total. The molecule has 1 spiro atoms. The highest BCUT2D eigenvalue weighted by Gasteiger charge is 2.66. The highest BCUT2D eigenvalue weighted by Crippen LogP contribution is 2.57. The molecule has 31 heavy (non-hydrogen) atoms. The molecule has 0 unspecified atom stereocenters. The molecule has 1 amide bonds. The molecule has 3 aromatic rings. The van der Waals surface area contributed by atoms with Gasteiger partial charge >= 0.3 is 0 Å². The molecular weight excluding hydrogens is 382 g/mol. The quantitative estimate of drug-likeness (QED) is 0.638. The van der Waals surface area contributed by atoms with Crippen LogP contribution in [0.15, 0.2) is 60.9 Å². The highest BCUT2D eigenvalue weighted by molar-refractivity contribution is 5.91. The van der Waals surface area contributed by atoms with Crippen molar-refractivity contribution in [1.82, 2.24) is 14.8 Å². The summed E-state index contributed by atoms with van der Waals surface area (Å²) in [5.74, 6) is 0.852. The zero-order valence-corrected chi connectivity index (χ0v) is 17.7. The van der Waals surface area contributed by atoms with Gasteiger partial charge in [0.15, 0.2) is 0 Å². The van der Waals surface area contributed by atoms with Crippen LogP contribution in [0.25, 0.3) is 10.8 Å². The second-order valence-electron chi connectivity index (χ2n) is 9.90. The van der Waals surface area contributed by atoms with E-state index in [-0.39, 0.29) is 5.54 Å². The molecule has 0 bridgehead atoms. The number of carbonyl (C=O) groups excluding carboxylic acids is 1. The molecular formula is C27H27N3O. The number of benzene rings is 2. The maximum atomic E-state index is 14.0. The first-order valence-corrected chi connectivity index (χ1v) is 11.7. The van der Waals surface area contributed by atoms with Gasteiger partial charge in [0.25, 0.3) is 0 Å². The Balaban J connectivity index is 1.23. The molecule has 3 aliphatic heterocycles. The van der Waals surface area contributed by atoms with Crippen LogP contribution in [-0.4, -0.2) is 45.4 Å². The van der Waals surface area contributed by atoms with Crippen molar-refractivity contribution in [1.29, 1.82) is 0 Å². The van der Waals surface area contributed by atoms with Crippen molar-refractivity contribution < 1.29 is 4.79 Å². The predicted molar refractivity (Wildman–Crippen MR) is 121 cm³/mol. The van der Waals surface area contributed by atoms with E-state index in [1.807, 2.05) is 12.4 Å². The predicted octanol–water partition coefficient (Wildman–Crippen LogP) is 4.14. The van der Waals surface area contributed by atoms with Crippen molar-refractivity contribution in [3.63, 3.8) is 0 Å². The van der Waals surface area contributed by atoms with Crippen LogP contribution in [-0.2, 0) is 17.6 Å². The zero-order valence-electron chi connectivity index (χ0n) is 17.7. The monoisotopic (exact) mass is 409 g/mol. The first kappa shape index (κ1) is 17.9. The van der Waals surface area contributed by atoms with E-state index in [2.05, 4.69) is 63.3 Å². The molecule has 4 heterocycles. The van der Waals surface area contributed by atoms with Crippen LogP contribution in [0.4, 0.5) is 0 Å². The molecule has 1 aliphatic carbocycles. The Bertz CT molecular complexity index is 1180. The Kier molecular flexibility index (Phi) is 3.69. The van der Waals surface area contributed by atoms with Crippen molar-refractivity contribution in [3.05, 3.63) is 77.6 Å². The summed E-state index contributed by atoms with van der Waals surface area (Å²) in [6.07, 6.45) is 9.13. The van der Waals surface area contributed by atoms with E-state index < -0.39 is 0 Å². The van der Waals surface area contributed by atoms with Gasteiger partial charge in [-0.3, -0.25) is 14.7 Å². The second kappa shape index (κ2) is 6.39. The first-order valence-electron chi connectivity index (χ1n) is 11.7.